The van der Waals surface area contributed by atoms with E-state index in [1.54, 1.807) is 24.3 Å². The smallest absolute Gasteiger partial charge is 0.488 e. The molecule has 0 radical (unpaired) electrons. The predicted octanol–water partition coefficient (Wildman–Crippen LogP) is 4.69. The van der Waals surface area contributed by atoms with Crippen molar-refractivity contribution in [2.45, 2.75) is 28.5 Å². The molecule has 4 amide bonds. The second-order valence-corrected chi connectivity index (χ2v) is 14.6. The number of phenols is 1. The SMILES string of the molecule is O=C1[C@H]2[C@H](CC=C3[C@H]2C[C@@]2(Cl)C(=O)N(c4c(F)c(F)c(F)c(F)c4F)C(=O)[C@@]2(Cl)[C@H]3c2ccc(O)c3ccccc23)C(=O)N1c1cccc(B(O)O)c1. The summed E-state index contributed by atoms with van der Waals surface area (Å²) in [4.78, 5) is 52.4. The number of carbonyl (C=O) groups is 4. The molecule has 2 aliphatic carbocycles. The van der Waals surface area contributed by atoms with Gasteiger partial charge >= 0.3 is 7.12 Å². The van der Waals surface area contributed by atoms with Crippen LogP contribution in [0, 0.1) is 46.8 Å². The number of hydrogen-bond acceptors (Lipinski definition) is 7. The second kappa shape index (κ2) is 11.8. The highest BCUT2D eigenvalue weighted by molar-refractivity contribution is 6.59. The van der Waals surface area contributed by atoms with Crippen LogP contribution in [-0.4, -0.2) is 55.7 Å². The molecule has 0 aromatic heterocycles. The van der Waals surface area contributed by atoms with Gasteiger partial charge in [-0.1, -0.05) is 54.1 Å². The first-order chi connectivity index (χ1) is 25.1. The Bertz CT molecular complexity index is 2370. The molecule has 4 aromatic carbocycles. The third-order valence-corrected chi connectivity index (χ3v) is 12.3. The minimum absolute atomic E-state index is 0.00956. The summed E-state index contributed by atoms with van der Waals surface area (Å²) in [5.41, 5.74) is -1.51. The van der Waals surface area contributed by atoms with E-state index >= 15 is 8.78 Å². The van der Waals surface area contributed by atoms with Crippen LogP contribution in [0.25, 0.3) is 10.8 Å². The summed E-state index contributed by atoms with van der Waals surface area (Å²) in [6, 6.07) is 14.3. The van der Waals surface area contributed by atoms with Gasteiger partial charge in [-0.15, -0.1) is 23.2 Å². The zero-order valence-corrected chi connectivity index (χ0v) is 28.2. The van der Waals surface area contributed by atoms with Crippen LogP contribution in [-0.2, 0) is 19.2 Å². The maximum atomic E-state index is 15.3. The van der Waals surface area contributed by atoms with Crippen molar-refractivity contribution < 1.29 is 56.3 Å². The molecule has 0 unspecified atom stereocenters. The first kappa shape index (κ1) is 35.2. The van der Waals surface area contributed by atoms with E-state index in [-0.39, 0.29) is 50.1 Å². The number of nitrogens with zero attached hydrogens (tertiary/aromatic N) is 2. The van der Waals surface area contributed by atoms with Gasteiger partial charge in [0.1, 0.15) is 11.4 Å². The number of allylic oxidation sites excluding steroid dienone is 2. The molecule has 2 heterocycles. The lowest BCUT2D eigenvalue weighted by Gasteiger charge is -2.51. The molecule has 0 bridgehead atoms. The van der Waals surface area contributed by atoms with Crippen LogP contribution in [0.15, 0.2) is 72.3 Å². The fraction of sp³-hybridized carbons (Fsp3) is 0.222. The number of hydrogen-bond donors (Lipinski definition) is 3. The summed E-state index contributed by atoms with van der Waals surface area (Å²) < 4.78 is 73.8. The van der Waals surface area contributed by atoms with Crippen molar-refractivity contribution in [3.05, 3.63) is 107 Å². The van der Waals surface area contributed by atoms with Gasteiger partial charge in [-0.3, -0.25) is 24.1 Å². The van der Waals surface area contributed by atoms with Gasteiger partial charge in [0.05, 0.1) is 17.5 Å². The van der Waals surface area contributed by atoms with Crippen LogP contribution in [0.3, 0.4) is 0 Å². The maximum Gasteiger partial charge on any atom is 0.488 e. The molecule has 6 atom stereocenters. The number of alkyl halides is 2. The average Bonchev–Trinajstić information content (AvgIpc) is 3.48. The van der Waals surface area contributed by atoms with Crippen molar-refractivity contribution in [2.75, 3.05) is 9.80 Å². The summed E-state index contributed by atoms with van der Waals surface area (Å²) in [7, 11) is -1.93. The zero-order valence-electron chi connectivity index (χ0n) is 26.7. The molecule has 2 saturated heterocycles. The Balaban J connectivity index is 1.35. The lowest BCUT2D eigenvalue weighted by atomic mass is 9.56. The van der Waals surface area contributed by atoms with Gasteiger partial charge in [-0.2, -0.15) is 0 Å². The minimum atomic E-state index is -2.74. The van der Waals surface area contributed by atoms with Crippen LogP contribution in [0.4, 0.5) is 33.3 Å². The Morgan fingerprint density at radius 1 is 0.736 bits per heavy atom. The minimum Gasteiger partial charge on any atom is -0.507 e. The van der Waals surface area contributed by atoms with Gasteiger partial charge in [0.2, 0.25) is 17.6 Å². The quantitative estimate of drug-likeness (QED) is 0.0522. The molecule has 8 rings (SSSR count). The number of anilines is 2. The van der Waals surface area contributed by atoms with E-state index in [4.69, 9.17) is 23.2 Å². The molecule has 270 valence electrons. The Labute approximate surface area is 305 Å². The van der Waals surface area contributed by atoms with E-state index in [1.165, 1.54) is 42.5 Å². The Hall–Kier alpha value is -4.83. The molecule has 17 heteroatoms. The van der Waals surface area contributed by atoms with Gasteiger partial charge in [-0.05, 0) is 53.4 Å². The van der Waals surface area contributed by atoms with E-state index in [2.05, 4.69) is 0 Å². The van der Waals surface area contributed by atoms with Crippen molar-refractivity contribution in [1.82, 2.24) is 0 Å². The zero-order chi connectivity index (χ0) is 38.0. The molecule has 1 saturated carbocycles. The van der Waals surface area contributed by atoms with Crippen molar-refractivity contribution in [1.29, 1.82) is 0 Å². The highest BCUT2D eigenvalue weighted by atomic mass is 35.5. The third kappa shape index (κ3) is 4.51. The molecular weight excluding hydrogens is 749 g/mol. The van der Waals surface area contributed by atoms with Gasteiger partial charge in [0, 0.05) is 11.3 Å². The van der Waals surface area contributed by atoms with E-state index in [9.17, 15) is 47.5 Å². The fourth-order valence-corrected chi connectivity index (χ4v) is 9.48. The largest absolute Gasteiger partial charge is 0.507 e. The van der Waals surface area contributed by atoms with E-state index < -0.39 is 105 Å². The van der Waals surface area contributed by atoms with Crippen molar-refractivity contribution in [2.24, 2.45) is 17.8 Å². The van der Waals surface area contributed by atoms with Gasteiger partial charge in [-0.25, -0.2) is 26.9 Å². The predicted molar refractivity (Wildman–Crippen MR) is 181 cm³/mol. The maximum absolute atomic E-state index is 15.3. The summed E-state index contributed by atoms with van der Waals surface area (Å²) in [5, 5.41) is 30.7. The topological polar surface area (TPSA) is 135 Å². The van der Waals surface area contributed by atoms with E-state index in [1.807, 2.05) is 0 Å². The van der Waals surface area contributed by atoms with Crippen LogP contribution >= 0.6 is 23.2 Å². The number of phenolic OH excluding ortho intramolecular Hbond substituents is 1. The molecule has 0 spiro atoms. The summed E-state index contributed by atoms with van der Waals surface area (Å²) in [6.07, 6.45) is 0.759. The molecule has 3 N–H and O–H groups in total. The average molecular weight is 771 g/mol. The molecule has 3 fully saturated rings. The number of aromatic hydroxyl groups is 1. The first-order valence-electron chi connectivity index (χ1n) is 16.1. The van der Waals surface area contributed by atoms with Gasteiger partial charge in [0.25, 0.3) is 11.8 Å². The number of carbonyl (C=O) groups excluding carboxylic acids is 4. The molecule has 53 heavy (non-hydrogen) atoms. The van der Waals surface area contributed by atoms with Crippen LogP contribution in [0.2, 0.25) is 0 Å². The number of benzene rings is 4. The number of fused-ring (bicyclic) bond motifs is 5. The molecule has 9 nitrogen and oxygen atoms in total. The highest BCUT2D eigenvalue weighted by Crippen LogP contribution is 2.66. The second-order valence-electron chi connectivity index (χ2n) is 13.4. The lowest BCUT2D eigenvalue weighted by molar-refractivity contribution is -0.125. The number of amides is 4. The van der Waals surface area contributed by atoms with E-state index in [0.29, 0.717) is 0 Å². The lowest BCUT2D eigenvalue weighted by Crippen LogP contribution is -2.60. The summed E-state index contributed by atoms with van der Waals surface area (Å²) in [5.74, 6) is -22.3. The number of imide groups is 2. The van der Waals surface area contributed by atoms with Crippen LogP contribution in [0.1, 0.15) is 24.3 Å². The Kier molecular flexibility index (Phi) is 7.87. The first-order valence-corrected chi connectivity index (χ1v) is 16.8. The van der Waals surface area contributed by atoms with Gasteiger partial charge in [0.15, 0.2) is 33.0 Å². The molecule has 4 aliphatic rings. The summed E-state index contributed by atoms with van der Waals surface area (Å²) >= 11 is 14.5. The van der Waals surface area contributed by atoms with Crippen molar-refractivity contribution in [3.8, 4) is 5.75 Å². The monoisotopic (exact) mass is 770 g/mol. The number of halogens is 7. The van der Waals surface area contributed by atoms with Crippen LogP contribution < -0.4 is 15.3 Å². The van der Waals surface area contributed by atoms with Crippen molar-refractivity contribution >= 4 is 81.6 Å². The third-order valence-electron chi connectivity index (χ3n) is 10.9. The highest BCUT2D eigenvalue weighted by Gasteiger charge is 2.77. The summed E-state index contributed by atoms with van der Waals surface area (Å²) in [6.45, 7) is 0. The van der Waals surface area contributed by atoms with Gasteiger partial charge < -0.3 is 15.2 Å². The number of rotatable bonds is 4. The molecule has 2 aliphatic heterocycles. The van der Waals surface area contributed by atoms with E-state index in [0.717, 1.165) is 4.90 Å². The van der Waals surface area contributed by atoms with Crippen LogP contribution in [0.5, 0.6) is 5.75 Å². The Morgan fingerprint density at radius 2 is 1.38 bits per heavy atom. The standard InChI is InChI=1S/C36H22BCl2F5N2O7/c38-35-13-21-19(8-9-20-23(21)32(49)45(31(20)48)15-5-3-4-14(12-15)37(52)53)24(18-10-11-22(47)17-7-2-1-6-16(17)18)36(35,39)34(51)46(33(35)50)30-28(43)26(41)25(40)27(42)29(30)44/h1-8,10-12,20-21,23-24,47,52-53H,9,13H2/t20-,21+,23-,24-,35+,36-/m0/s1. The van der Waals surface area contributed by atoms with Crippen molar-refractivity contribution in [3.63, 3.8) is 0 Å². The normalized spacial score (nSPS) is 28.0. The molecule has 4 aromatic rings. The molecular formula is C36H22BCl2F5N2O7. The fourth-order valence-electron chi connectivity index (χ4n) is 8.55. The Morgan fingerprint density at radius 3 is 2.04 bits per heavy atom.